The van der Waals surface area contributed by atoms with Gasteiger partial charge >= 0.3 is 0 Å². The summed E-state index contributed by atoms with van der Waals surface area (Å²) in [5, 5.41) is 4.55. The summed E-state index contributed by atoms with van der Waals surface area (Å²) in [5.74, 6) is 0.531. The molecule has 1 saturated heterocycles. The van der Waals surface area contributed by atoms with Gasteiger partial charge in [-0.2, -0.15) is 0 Å². The number of carbonyl (C=O) groups excluding carboxylic acids is 1. The van der Waals surface area contributed by atoms with Crippen molar-refractivity contribution in [3.05, 3.63) is 33.8 Å². The molecule has 1 aromatic carbocycles. The maximum Gasteiger partial charge on any atom is 0.124 e. The zero-order valence-electron chi connectivity index (χ0n) is 9.41. The van der Waals surface area contributed by atoms with Crippen molar-refractivity contribution in [2.24, 2.45) is 11.8 Å². The second-order valence-electron chi connectivity index (χ2n) is 4.96. The first kappa shape index (κ1) is 11.5. The van der Waals surface area contributed by atoms with Crippen molar-refractivity contribution in [3.63, 3.8) is 0 Å². The quantitative estimate of drug-likeness (QED) is 0.837. The van der Waals surface area contributed by atoms with Gasteiger partial charge in [-0.25, -0.2) is 0 Å². The molecule has 4 atom stereocenters. The van der Waals surface area contributed by atoms with Crippen molar-refractivity contribution in [2.75, 3.05) is 6.54 Å². The molecule has 4 unspecified atom stereocenters. The number of carbonyl (C=O) groups is 1. The van der Waals surface area contributed by atoms with E-state index in [0.717, 1.165) is 18.4 Å². The average Bonchev–Trinajstić information content (AvgIpc) is 2.87. The maximum atomic E-state index is 11.2. The number of rotatable bonds is 2. The van der Waals surface area contributed by atoms with Crippen molar-refractivity contribution in [1.82, 2.24) is 5.32 Å². The van der Waals surface area contributed by atoms with Gasteiger partial charge in [0.25, 0.3) is 0 Å². The van der Waals surface area contributed by atoms with Crippen LogP contribution in [0.5, 0.6) is 0 Å². The maximum absolute atomic E-state index is 11.2. The van der Waals surface area contributed by atoms with E-state index >= 15 is 0 Å². The lowest BCUT2D eigenvalue weighted by atomic mass is 9.87. The summed E-state index contributed by atoms with van der Waals surface area (Å²) in [6, 6.07) is 6.02. The van der Waals surface area contributed by atoms with Crippen molar-refractivity contribution in [2.45, 2.75) is 18.4 Å². The van der Waals surface area contributed by atoms with Gasteiger partial charge in [-0.05, 0) is 37.1 Å². The summed E-state index contributed by atoms with van der Waals surface area (Å²) in [6.07, 6.45) is 1.09. The highest BCUT2D eigenvalue weighted by Crippen LogP contribution is 2.64. The molecular weight excluding hydrogens is 257 g/mol. The van der Waals surface area contributed by atoms with E-state index in [2.05, 4.69) is 12.2 Å². The van der Waals surface area contributed by atoms with Crippen LogP contribution in [0.15, 0.2) is 18.2 Å². The molecule has 1 aromatic rings. The lowest BCUT2D eigenvalue weighted by molar-refractivity contribution is -0.109. The first-order valence-electron chi connectivity index (χ1n) is 5.76. The van der Waals surface area contributed by atoms with Crippen LogP contribution in [0.1, 0.15) is 12.5 Å². The summed E-state index contributed by atoms with van der Waals surface area (Å²) in [6.45, 7) is 3.04. The van der Waals surface area contributed by atoms with Gasteiger partial charge in [0.05, 0.1) is 10.0 Å². The highest BCUT2D eigenvalue weighted by molar-refractivity contribution is 6.42. The Morgan fingerprint density at radius 2 is 2.18 bits per heavy atom. The van der Waals surface area contributed by atoms with Gasteiger partial charge in [0.15, 0.2) is 0 Å². The van der Waals surface area contributed by atoms with Gasteiger partial charge in [-0.1, -0.05) is 29.3 Å². The van der Waals surface area contributed by atoms with Crippen molar-refractivity contribution >= 4 is 29.5 Å². The van der Waals surface area contributed by atoms with Crippen LogP contribution in [0, 0.1) is 11.8 Å². The Morgan fingerprint density at radius 3 is 2.76 bits per heavy atom. The molecule has 1 saturated carbocycles. The van der Waals surface area contributed by atoms with Gasteiger partial charge < -0.3 is 10.1 Å². The zero-order valence-corrected chi connectivity index (χ0v) is 10.9. The molecule has 90 valence electrons. The molecule has 0 aromatic heterocycles. The van der Waals surface area contributed by atoms with Crippen LogP contribution in [-0.4, -0.2) is 18.9 Å². The number of nitrogens with one attached hydrogen (secondary N) is 1. The van der Waals surface area contributed by atoms with E-state index < -0.39 is 0 Å². The van der Waals surface area contributed by atoms with E-state index in [-0.39, 0.29) is 11.3 Å². The lowest BCUT2D eigenvalue weighted by Crippen LogP contribution is -2.34. The summed E-state index contributed by atoms with van der Waals surface area (Å²) >= 11 is 12.0. The second-order valence-corrected chi connectivity index (χ2v) is 5.77. The average molecular weight is 270 g/mol. The van der Waals surface area contributed by atoms with E-state index in [1.165, 1.54) is 0 Å². The molecule has 1 aliphatic carbocycles. The Hall–Kier alpha value is -0.570. The normalized spacial score (nSPS) is 38.9. The Labute approximate surface area is 110 Å². The third-order valence-corrected chi connectivity index (χ3v) is 5.16. The van der Waals surface area contributed by atoms with Crippen LogP contribution in [0.2, 0.25) is 10.0 Å². The number of hydrogen-bond donors (Lipinski definition) is 1. The molecule has 0 amide bonds. The van der Waals surface area contributed by atoms with Crippen LogP contribution in [0.25, 0.3) is 0 Å². The Morgan fingerprint density at radius 1 is 1.41 bits per heavy atom. The molecule has 3 rings (SSSR count). The van der Waals surface area contributed by atoms with E-state index in [1.54, 1.807) is 0 Å². The largest absolute Gasteiger partial charge is 0.313 e. The molecule has 2 nitrogen and oxygen atoms in total. The highest BCUT2D eigenvalue weighted by Gasteiger charge is 2.70. The molecule has 4 heteroatoms. The first-order valence-corrected chi connectivity index (χ1v) is 6.52. The van der Waals surface area contributed by atoms with Crippen LogP contribution in [0.3, 0.4) is 0 Å². The fraction of sp³-hybridized carbons (Fsp3) is 0.462. The monoisotopic (exact) mass is 269 g/mol. The standard InChI is InChI=1S/C13H13Cl2NO/c1-7-13(9(5-16-7)10(13)6-17)8-2-3-11(14)12(15)4-8/h2-4,6-7,9-10,16H,5H2,1H3. The molecule has 17 heavy (non-hydrogen) atoms. The Kier molecular flexibility index (Phi) is 2.51. The van der Waals surface area contributed by atoms with Gasteiger partial charge in [-0.15, -0.1) is 0 Å². The van der Waals surface area contributed by atoms with Crippen molar-refractivity contribution < 1.29 is 4.79 Å². The zero-order chi connectivity index (χ0) is 12.2. The summed E-state index contributed by atoms with van der Waals surface area (Å²) in [4.78, 5) is 11.2. The molecule has 1 aliphatic heterocycles. The van der Waals surface area contributed by atoms with E-state index in [0.29, 0.717) is 22.0 Å². The minimum Gasteiger partial charge on any atom is -0.313 e. The third-order valence-electron chi connectivity index (χ3n) is 4.42. The second kappa shape index (κ2) is 3.71. The van der Waals surface area contributed by atoms with Crippen molar-refractivity contribution in [3.8, 4) is 0 Å². The van der Waals surface area contributed by atoms with Crippen LogP contribution < -0.4 is 5.32 Å². The molecule has 1 heterocycles. The first-order chi connectivity index (χ1) is 8.12. The molecule has 2 aliphatic rings. The molecule has 1 N–H and O–H groups in total. The Balaban J connectivity index is 2.08. The fourth-order valence-corrected chi connectivity index (χ4v) is 3.82. The molecule has 2 fully saturated rings. The number of piperidine rings is 1. The number of halogens is 2. The minimum atomic E-state index is -0.0595. The van der Waals surface area contributed by atoms with Crippen LogP contribution in [0.4, 0.5) is 0 Å². The number of fused-ring (bicyclic) bond motifs is 1. The Bertz CT molecular complexity index is 490. The van der Waals surface area contributed by atoms with E-state index in [9.17, 15) is 4.79 Å². The van der Waals surface area contributed by atoms with Gasteiger partial charge in [0.2, 0.25) is 0 Å². The van der Waals surface area contributed by atoms with E-state index in [4.69, 9.17) is 23.2 Å². The fourth-order valence-electron chi connectivity index (χ4n) is 3.52. The molecule has 0 radical (unpaired) electrons. The SMILES string of the molecule is CC1NCC2C(C=O)C12c1ccc(Cl)c(Cl)c1. The predicted molar refractivity (Wildman–Crippen MR) is 68.6 cm³/mol. The third kappa shape index (κ3) is 1.35. The number of aldehydes is 1. The highest BCUT2D eigenvalue weighted by atomic mass is 35.5. The number of benzene rings is 1. The van der Waals surface area contributed by atoms with Crippen LogP contribution >= 0.6 is 23.2 Å². The topological polar surface area (TPSA) is 29.1 Å². The lowest BCUT2D eigenvalue weighted by Gasteiger charge is -2.22. The molecule has 0 bridgehead atoms. The van der Waals surface area contributed by atoms with Gasteiger partial charge in [-0.3, -0.25) is 0 Å². The van der Waals surface area contributed by atoms with Crippen LogP contribution in [-0.2, 0) is 10.2 Å². The molecule has 0 spiro atoms. The smallest absolute Gasteiger partial charge is 0.124 e. The van der Waals surface area contributed by atoms with E-state index in [1.807, 2.05) is 18.2 Å². The summed E-state index contributed by atoms with van der Waals surface area (Å²) in [5.41, 5.74) is 1.07. The number of hydrogen-bond acceptors (Lipinski definition) is 2. The minimum absolute atomic E-state index is 0.0595. The van der Waals surface area contributed by atoms with Gasteiger partial charge in [0, 0.05) is 17.4 Å². The van der Waals surface area contributed by atoms with Gasteiger partial charge in [0.1, 0.15) is 6.29 Å². The predicted octanol–water partition coefficient (Wildman–Crippen LogP) is 2.67. The molecular formula is C13H13Cl2NO. The van der Waals surface area contributed by atoms with Crippen molar-refractivity contribution in [1.29, 1.82) is 0 Å². The summed E-state index contributed by atoms with van der Waals surface area (Å²) < 4.78 is 0. The summed E-state index contributed by atoms with van der Waals surface area (Å²) in [7, 11) is 0.